The number of allylic oxidation sites excluding steroid dienone is 10. The van der Waals surface area contributed by atoms with Crippen molar-refractivity contribution in [2.75, 3.05) is 13.2 Å². The average molecular weight is 1130 g/mol. The predicted molar refractivity (Wildman–Crippen MR) is 353 cm³/mol. The second-order valence-electron chi connectivity index (χ2n) is 24.1. The standard InChI is InChI=1S/C75H136O6/c1-4-7-10-13-16-19-22-24-26-28-30-31-32-33-34-35-36-37-38-39-40-41-42-43-44-45-46-48-49-51-53-56-59-62-65-68-74(77)80-71-72(70-79-73(76)67-64-61-58-55-21-18-15-12-9-6-3)81-75(78)69-66-63-60-57-54-52-50-47-29-27-25-23-20-17-14-11-8-5-2/h7,10,16,19,24,26,30-31,33-34,72H,4-6,8-9,11-15,17-18,20-23,25,27-29,32,35-71H2,1-3H3/b10-7-,19-16-,26-24-,31-30-,34-33-. The Bertz CT molecular complexity index is 1440. The molecule has 0 aromatic rings. The van der Waals surface area contributed by atoms with Gasteiger partial charge in [0.15, 0.2) is 6.10 Å². The molecule has 0 saturated carbocycles. The fourth-order valence-electron chi connectivity index (χ4n) is 10.7. The van der Waals surface area contributed by atoms with Gasteiger partial charge >= 0.3 is 17.9 Å². The van der Waals surface area contributed by atoms with Gasteiger partial charge in [0.1, 0.15) is 13.2 Å². The van der Waals surface area contributed by atoms with Crippen molar-refractivity contribution in [3.63, 3.8) is 0 Å². The molecule has 0 rings (SSSR count). The summed E-state index contributed by atoms with van der Waals surface area (Å²) in [5.74, 6) is -0.839. The minimum Gasteiger partial charge on any atom is -0.462 e. The second-order valence-corrected chi connectivity index (χ2v) is 24.1. The van der Waals surface area contributed by atoms with E-state index in [1.807, 2.05) is 0 Å². The summed E-state index contributed by atoms with van der Waals surface area (Å²) < 4.78 is 17.0. The van der Waals surface area contributed by atoms with Crippen molar-refractivity contribution in [3.8, 4) is 0 Å². The van der Waals surface area contributed by atoms with Crippen LogP contribution in [0.1, 0.15) is 380 Å². The molecule has 1 unspecified atom stereocenters. The third-order valence-corrected chi connectivity index (χ3v) is 16.0. The van der Waals surface area contributed by atoms with Crippen molar-refractivity contribution in [1.29, 1.82) is 0 Å². The van der Waals surface area contributed by atoms with Crippen LogP contribution in [-0.2, 0) is 28.6 Å². The number of carbonyl (C=O) groups excluding carboxylic acids is 3. The van der Waals surface area contributed by atoms with Crippen LogP contribution in [0.5, 0.6) is 0 Å². The fourth-order valence-corrected chi connectivity index (χ4v) is 10.7. The maximum absolute atomic E-state index is 12.9. The number of esters is 3. The molecule has 6 heteroatoms. The van der Waals surface area contributed by atoms with Crippen molar-refractivity contribution < 1.29 is 28.6 Å². The number of hydrogen-bond acceptors (Lipinski definition) is 6. The fraction of sp³-hybridized carbons (Fsp3) is 0.827. The Kier molecular flexibility index (Phi) is 67.1. The summed E-state index contributed by atoms with van der Waals surface area (Å²) in [6, 6.07) is 0. The molecule has 0 spiro atoms. The van der Waals surface area contributed by atoms with Crippen LogP contribution in [0.25, 0.3) is 0 Å². The summed E-state index contributed by atoms with van der Waals surface area (Å²) in [7, 11) is 0. The number of ether oxygens (including phenoxy) is 3. The van der Waals surface area contributed by atoms with Gasteiger partial charge in [-0.05, 0) is 64.2 Å². The Labute approximate surface area is 504 Å². The highest BCUT2D eigenvalue weighted by molar-refractivity contribution is 5.71. The molecule has 0 heterocycles. The van der Waals surface area contributed by atoms with Crippen molar-refractivity contribution in [2.45, 2.75) is 386 Å². The van der Waals surface area contributed by atoms with E-state index in [4.69, 9.17) is 14.2 Å². The summed E-state index contributed by atoms with van der Waals surface area (Å²) in [5.41, 5.74) is 0. The SMILES string of the molecule is CC/C=C\C/C=C\C/C=C\C/C=C\C/C=C\CCCCCCCCCCCCCCCCCCCCCC(=O)OCC(COC(=O)CCCCCCCCCCCC)OC(=O)CCCCCCCCCCCCCCCCCCCC. The van der Waals surface area contributed by atoms with E-state index in [0.717, 1.165) is 89.9 Å². The lowest BCUT2D eigenvalue weighted by Gasteiger charge is -2.18. The molecule has 0 aromatic heterocycles. The molecular formula is C75H136O6. The average Bonchev–Trinajstić information content (AvgIpc) is 3.47. The van der Waals surface area contributed by atoms with E-state index in [1.165, 1.54) is 250 Å². The quantitative estimate of drug-likeness (QED) is 0.0261. The molecule has 1 atom stereocenters. The first-order chi connectivity index (χ1) is 40.0. The van der Waals surface area contributed by atoms with E-state index < -0.39 is 6.10 Å². The van der Waals surface area contributed by atoms with Crippen LogP contribution in [0.4, 0.5) is 0 Å². The smallest absolute Gasteiger partial charge is 0.306 e. The minimum absolute atomic E-state index is 0.0657. The van der Waals surface area contributed by atoms with Gasteiger partial charge in [0.25, 0.3) is 0 Å². The normalized spacial score (nSPS) is 12.4. The highest BCUT2D eigenvalue weighted by atomic mass is 16.6. The van der Waals surface area contributed by atoms with Gasteiger partial charge in [-0.2, -0.15) is 0 Å². The van der Waals surface area contributed by atoms with Gasteiger partial charge < -0.3 is 14.2 Å². The van der Waals surface area contributed by atoms with Crippen LogP contribution in [0.2, 0.25) is 0 Å². The highest BCUT2D eigenvalue weighted by Crippen LogP contribution is 2.19. The Hall–Kier alpha value is -2.89. The maximum atomic E-state index is 12.9. The topological polar surface area (TPSA) is 78.9 Å². The van der Waals surface area contributed by atoms with Gasteiger partial charge in [-0.15, -0.1) is 0 Å². The summed E-state index contributed by atoms with van der Waals surface area (Å²) in [6.45, 7) is 6.58. The molecule has 0 radical (unpaired) electrons. The maximum Gasteiger partial charge on any atom is 0.306 e. The molecule has 0 bridgehead atoms. The Morgan fingerprint density at radius 1 is 0.259 bits per heavy atom. The molecule has 0 N–H and O–H groups in total. The van der Waals surface area contributed by atoms with Crippen LogP contribution < -0.4 is 0 Å². The van der Waals surface area contributed by atoms with Gasteiger partial charge in [0, 0.05) is 19.3 Å². The summed E-state index contributed by atoms with van der Waals surface area (Å²) in [6.07, 6.45) is 89.8. The van der Waals surface area contributed by atoms with E-state index >= 15 is 0 Å². The Morgan fingerprint density at radius 2 is 0.481 bits per heavy atom. The molecule has 0 saturated heterocycles. The Morgan fingerprint density at radius 3 is 0.753 bits per heavy atom. The van der Waals surface area contributed by atoms with Gasteiger partial charge in [0.2, 0.25) is 0 Å². The van der Waals surface area contributed by atoms with E-state index in [0.29, 0.717) is 19.3 Å². The largest absolute Gasteiger partial charge is 0.462 e. The molecule has 0 amide bonds. The molecule has 0 aliphatic rings. The van der Waals surface area contributed by atoms with Gasteiger partial charge in [-0.1, -0.05) is 358 Å². The Balaban J connectivity index is 4.04. The number of carbonyl (C=O) groups is 3. The zero-order valence-electron chi connectivity index (χ0n) is 54.3. The van der Waals surface area contributed by atoms with E-state index in [9.17, 15) is 14.4 Å². The molecule has 0 aromatic carbocycles. The van der Waals surface area contributed by atoms with Crippen molar-refractivity contribution >= 4 is 17.9 Å². The highest BCUT2D eigenvalue weighted by Gasteiger charge is 2.19. The van der Waals surface area contributed by atoms with Gasteiger partial charge in [-0.25, -0.2) is 0 Å². The first-order valence-corrected chi connectivity index (χ1v) is 35.8. The number of rotatable bonds is 66. The number of unbranched alkanes of at least 4 members (excludes halogenated alkanes) is 45. The summed E-state index contributed by atoms with van der Waals surface area (Å²) >= 11 is 0. The van der Waals surface area contributed by atoms with Crippen molar-refractivity contribution in [2.24, 2.45) is 0 Å². The molecule has 0 aliphatic carbocycles. The van der Waals surface area contributed by atoms with Gasteiger partial charge in [0.05, 0.1) is 0 Å². The molecule has 0 aliphatic heterocycles. The lowest BCUT2D eigenvalue weighted by molar-refractivity contribution is -0.167. The molecule has 472 valence electrons. The second kappa shape index (κ2) is 69.6. The predicted octanol–water partition coefficient (Wildman–Crippen LogP) is 24.7. The first kappa shape index (κ1) is 78.1. The van der Waals surface area contributed by atoms with Crippen molar-refractivity contribution in [3.05, 3.63) is 60.8 Å². The van der Waals surface area contributed by atoms with E-state index in [2.05, 4.69) is 81.5 Å². The first-order valence-electron chi connectivity index (χ1n) is 35.8. The van der Waals surface area contributed by atoms with Crippen molar-refractivity contribution in [1.82, 2.24) is 0 Å². The third kappa shape index (κ3) is 67.8. The van der Waals surface area contributed by atoms with E-state index in [1.54, 1.807) is 0 Å². The van der Waals surface area contributed by atoms with Crippen LogP contribution >= 0.6 is 0 Å². The summed E-state index contributed by atoms with van der Waals surface area (Å²) in [4.78, 5) is 38.3. The van der Waals surface area contributed by atoms with E-state index in [-0.39, 0.29) is 31.1 Å². The van der Waals surface area contributed by atoms with Crippen LogP contribution in [-0.4, -0.2) is 37.2 Å². The third-order valence-electron chi connectivity index (χ3n) is 16.0. The molecule has 0 fully saturated rings. The summed E-state index contributed by atoms with van der Waals surface area (Å²) in [5, 5.41) is 0. The van der Waals surface area contributed by atoms with Gasteiger partial charge in [-0.3, -0.25) is 14.4 Å². The lowest BCUT2D eigenvalue weighted by Crippen LogP contribution is -2.30. The lowest BCUT2D eigenvalue weighted by atomic mass is 10.0. The molecule has 6 nitrogen and oxygen atoms in total. The molecular weight excluding hydrogens is 997 g/mol. The van der Waals surface area contributed by atoms with Crippen LogP contribution in [0.15, 0.2) is 60.8 Å². The minimum atomic E-state index is -0.767. The van der Waals surface area contributed by atoms with Crippen LogP contribution in [0.3, 0.4) is 0 Å². The molecule has 81 heavy (non-hydrogen) atoms. The van der Waals surface area contributed by atoms with Crippen LogP contribution in [0, 0.1) is 0 Å². The number of hydrogen-bond donors (Lipinski definition) is 0. The monoisotopic (exact) mass is 1130 g/mol. The zero-order chi connectivity index (χ0) is 58.5. The zero-order valence-corrected chi connectivity index (χ0v) is 54.3.